The number of hydrogen-bond acceptors (Lipinski definition) is 6. The molecule has 7 nitrogen and oxygen atoms in total. The molecule has 1 aliphatic heterocycles. The van der Waals surface area contributed by atoms with Crippen molar-refractivity contribution in [1.82, 2.24) is 9.97 Å². The Bertz CT molecular complexity index is 1050. The van der Waals surface area contributed by atoms with Gasteiger partial charge in [-0.25, -0.2) is 9.97 Å². The van der Waals surface area contributed by atoms with Gasteiger partial charge in [0.2, 0.25) is 5.88 Å². The highest BCUT2D eigenvalue weighted by Gasteiger charge is 2.20. The lowest BCUT2D eigenvalue weighted by molar-refractivity contribution is -0.123. The summed E-state index contributed by atoms with van der Waals surface area (Å²) in [5.41, 5.74) is 10.1. The predicted molar refractivity (Wildman–Crippen MR) is 103 cm³/mol. The molecule has 0 unspecified atom stereocenters. The lowest BCUT2D eigenvalue weighted by Crippen LogP contribution is -2.30. The van der Waals surface area contributed by atoms with E-state index in [1.807, 2.05) is 18.2 Å². The molecule has 2 heterocycles. The average Bonchev–Trinajstić information content (AvgIpc) is 2.73. The minimum absolute atomic E-state index is 0.449. The number of primary amides is 1. The Balaban J connectivity index is 1.70. The van der Waals surface area contributed by atoms with Gasteiger partial charge in [-0.3, -0.25) is 4.79 Å². The molecule has 142 valence electrons. The summed E-state index contributed by atoms with van der Waals surface area (Å²) in [5.74, 6) is 1.22. The van der Waals surface area contributed by atoms with Crippen molar-refractivity contribution in [3.63, 3.8) is 0 Å². The third-order valence-electron chi connectivity index (χ3n) is 4.60. The first-order chi connectivity index (χ1) is 13.5. The number of hydrogen-bond donors (Lipinski definition) is 1. The van der Waals surface area contributed by atoms with E-state index in [4.69, 9.17) is 19.9 Å². The van der Waals surface area contributed by atoms with E-state index in [0.29, 0.717) is 24.0 Å². The van der Waals surface area contributed by atoms with E-state index in [-0.39, 0.29) is 0 Å². The second kappa shape index (κ2) is 7.19. The number of nitrogens with zero attached hydrogens (tertiary/aromatic N) is 2. The van der Waals surface area contributed by atoms with Crippen molar-refractivity contribution in [3.8, 4) is 39.8 Å². The molecular weight excluding hydrogens is 358 g/mol. The van der Waals surface area contributed by atoms with Crippen LogP contribution in [-0.2, 0) is 11.4 Å². The fourth-order valence-electron chi connectivity index (χ4n) is 3.06. The third kappa shape index (κ3) is 3.34. The SMILES string of the molecule is COc1cc(-c2ccc3c(c2)-c2ccc(O[C@@H](C)C(N)=O)cc2OC3)ncn1. The van der Waals surface area contributed by atoms with Crippen molar-refractivity contribution in [2.45, 2.75) is 19.6 Å². The van der Waals surface area contributed by atoms with Gasteiger partial charge in [0.15, 0.2) is 6.10 Å². The average molecular weight is 377 g/mol. The summed E-state index contributed by atoms with van der Waals surface area (Å²) in [6, 6.07) is 13.4. The minimum atomic E-state index is -0.715. The molecule has 0 aliphatic carbocycles. The number of nitrogens with two attached hydrogens (primary N) is 1. The number of rotatable bonds is 5. The number of methoxy groups -OCH3 is 1. The summed E-state index contributed by atoms with van der Waals surface area (Å²) in [7, 11) is 1.57. The van der Waals surface area contributed by atoms with E-state index in [9.17, 15) is 4.79 Å². The van der Waals surface area contributed by atoms with E-state index >= 15 is 0 Å². The first-order valence-corrected chi connectivity index (χ1v) is 8.77. The van der Waals surface area contributed by atoms with Crippen LogP contribution in [0.4, 0.5) is 0 Å². The molecule has 7 heteroatoms. The molecule has 3 aromatic rings. The second-order valence-electron chi connectivity index (χ2n) is 6.43. The van der Waals surface area contributed by atoms with Crippen molar-refractivity contribution >= 4 is 5.91 Å². The number of aromatic nitrogens is 2. The minimum Gasteiger partial charge on any atom is -0.488 e. The molecule has 1 amide bonds. The summed E-state index contributed by atoms with van der Waals surface area (Å²) in [6.07, 6.45) is 0.766. The van der Waals surface area contributed by atoms with Crippen LogP contribution in [0, 0.1) is 0 Å². The van der Waals surface area contributed by atoms with Gasteiger partial charge in [-0.05, 0) is 36.2 Å². The van der Waals surface area contributed by atoms with Crippen LogP contribution < -0.4 is 19.9 Å². The molecule has 0 saturated carbocycles. The van der Waals surface area contributed by atoms with Crippen molar-refractivity contribution in [3.05, 3.63) is 54.4 Å². The first-order valence-electron chi connectivity index (χ1n) is 8.77. The smallest absolute Gasteiger partial charge is 0.258 e. The number of carbonyl (C=O) groups is 1. The number of amides is 1. The van der Waals surface area contributed by atoms with Gasteiger partial charge < -0.3 is 19.9 Å². The molecule has 0 bridgehead atoms. The highest BCUT2D eigenvalue weighted by Crippen LogP contribution is 2.41. The number of benzene rings is 2. The van der Waals surface area contributed by atoms with Gasteiger partial charge in [-0.15, -0.1) is 0 Å². The van der Waals surface area contributed by atoms with Crippen molar-refractivity contribution in [1.29, 1.82) is 0 Å². The molecule has 0 saturated heterocycles. The number of fused-ring (bicyclic) bond motifs is 3. The van der Waals surface area contributed by atoms with Gasteiger partial charge >= 0.3 is 0 Å². The maximum atomic E-state index is 11.2. The van der Waals surface area contributed by atoms with E-state index in [1.54, 1.807) is 32.2 Å². The van der Waals surface area contributed by atoms with Crippen molar-refractivity contribution in [2.75, 3.05) is 7.11 Å². The van der Waals surface area contributed by atoms with Crippen molar-refractivity contribution in [2.24, 2.45) is 5.73 Å². The first kappa shape index (κ1) is 17.8. The van der Waals surface area contributed by atoms with E-state index in [1.165, 1.54) is 6.33 Å². The molecule has 2 aromatic carbocycles. The van der Waals surface area contributed by atoms with Gasteiger partial charge in [-0.1, -0.05) is 12.1 Å². The van der Waals surface area contributed by atoms with Gasteiger partial charge in [0.05, 0.1) is 12.8 Å². The summed E-state index contributed by atoms with van der Waals surface area (Å²) in [4.78, 5) is 19.6. The largest absolute Gasteiger partial charge is 0.488 e. The van der Waals surface area contributed by atoms with E-state index < -0.39 is 12.0 Å². The summed E-state index contributed by atoms with van der Waals surface area (Å²) < 4.78 is 16.6. The fourth-order valence-corrected chi connectivity index (χ4v) is 3.06. The van der Waals surface area contributed by atoms with Gasteiger partial charge in [-0.2, -0.15) is 0 Å². The second-order valence-corrected chi connectivity index (χ2v) is 6.43. The topological polar surface area (TPSA) is 96.6 Å². The summed E-state index contributed by atoms with van der Waals surface area (Å²) >= 11 is 0. The molecule has 1 aromatic heterocycles. The zero-order valence-corrected chi connectivity index (χ0v) is 15.5. The van der Waals surface area contributed by atoms with E-state index in [0.717, 1.165) is 27.9 Å². The summed E-state index contributed by atoms with van der Waals surface area (Å²) in [5, 5.41) is 0. The van der Waals surface area contributed by atoms with Crippen molar-refractivity contribution < 1.29 is 19.0 Å². The highest BCUT2D eigenvalue weighted by atomic mass is 16.5. The van der Waals surface area contributed by atoms with Crippen LogP contribution in [0.1, 0.15) is 12.5 Å². The lowest BCUT2D eigenvalue weighted by atomic mass is 9.94. The van der Waals surface area contributed by atoms with Gasteiger partial charge in [0.25, 0.3) is 5.91 Å². The fraction of sp³-hybridized carbons (Fsp3) is 0.190. The Morgan fingerprint density at radius 2 is 2.00 bits per heavy atom. The molecule has 28 heavy (non-hydrogen) atoms. The Hall–Kier alpha value is -3.61. The van der Waals surface area contributed by atoms with Crippen LogP contribution in [0.25, 0.3) is 22.4 Å². The normalized spacial score (nSPS) is 12.9. The van der Waals surface area contributed by atoms with Crippen LogP contribution in [0.2, 0.25) is 0 Å². The Morgan fingerprint density at radius 3 is 2.79 bits per heavy atom. The maximum absolute atomic E-state index is 11.2. The van der Waals surface area contributed by atoms with Crippen LogP contribution in [-0.4, -0.2) is 29.1 Å². The quantitative estimate of drug-likeness (QED) is 0.734. The Labute approximate surface area is 162 Å². The zero-order chi connectivity index (χ0) is 19.7. The monoisotopic (exact) mass is 377 g/mol. The van der Waals surface area contributed by atoms with Gasteiger partial charge in [0, 0.05) is 23.3 Å². The van der Waals surface area contributed by atoms with Crippen LogP contribution in [0.5, 0.6) is 17.4 Å². The molecule has 0 radical (unpaired) electrons. The van der Waals surface area contributed by atoms with Crippen LogP contribution in [0.3, 0.4) is 0 Å². The highest BCUT2D eigenvalue weighted by molar-refractivity contribution is 5.81. The zero-order valence-electron chi connectivity index (χ0n) is 15.5. The lowest BCUT2D eigenvalue weighted by Gasteiger charge is -2.22. The molecule has 4 rings (SSSR count). The predicted octanol–water partition coefficient (Wildman–Crippen LogP) is 2.96. The molecule has 0 spiro atoms. The Kier molecular flexibility index (Phi) is 4.57. The molecular formula is C21H19N3O4. The van der Waals surface area contributed by atoms with Crippen LogP contribution in [0.15, 0.2) is 48.8 Å². The molecule has 1 aliphatic rings. The molecule has 0 fully saturated rings. The Morgan fingerprint density at radius 1 is 1.14 bits per heavy atom. The molecule has 1 atom stereocenters. The number of carbonyl (C=O) groups excluding carboxylic acids is 1. The van der Waals surface area contributed by atoms with Gasteiger partial charge in [0.1, 0.15) is 24.4 Å². The molecule has 2 N–H and O–H groups in total. The third-order valence-corrected chi connectivity index (χ3v) is 4.60. The summed E-state index contributed by atoms with van der Waals surface area (Å²) in [6.45, 7) is 2.06. The number of ether oxygens (including phenoxy) is 3. The standard InChI is InChI=1S/C21H19N3O4/c1-12(21(22)25)28-15-5-6-16-17-7-13(18-9-20(26-2)24-11-23-18)3-4-14(17)10-27-19(16)8-15/h3-9,11-12H,10H2,1-2H3,(H2,22,25)/t12-/m0/s1. The van der Waals surface area contributed by atoms with Crippen LogP contribution >= 0.6 is 0 Å². The van der Waals surface area contributed by atoms with E-state index in [2.05, 4.69) is 16.0 Å². The maximum Gasteiger partial charge on any atom is 0.258 e.